The van der Waals surface area contributed by atoms with Gasteiger partial charge in [-0.05, 0) is 32.5 Å². The van der Waals surface area contributed by atoms with Crippen LogP contribution in [0.2, 0.25) is 0 Å². The summed E-state index contributed by atoms with van der Waals surface area (Å²) in [5, 5.41) is 0. The van der Waals surface area contributed by atoms with Crippen LogP contribution in [0.15, 0.2) is 18.2 Å². The molecule has 2 N–H and O–H groups in total. The number of hydrogen-bond donors (Lipinski definition) is 1. The van der Waals surface area contributed by atoms with Gasteiger partial charge < -0.3 is 15.5 Å². The highest BCUT2D eigenvalue weighted by atomic mass is 19.1. The van der Waals surface area contributed by atoms with Crippen LogP contribution in [-0.2, 0) is 0 Å². The third-order valence-electron chi connectivity index (χ3n) is 3.78. The lowest BCUT2D eigenvalue weighted by atomic mass is 10.0. The van der Waals surface area contributed by atoms with Gasteiger partial charge in [0.1, 0.15) is 5.82 Å². The second-order valence-electron chi connectivity index (χ2n) is 5.24. The van der Waals surface area contributed by atoms with E-state index in [0.717, 1.165) is 25.2 Å². The largest absolute Gasteiger partial charge is 0.366 e. The van der Waals surface area contributed by atoms with Gasteiger partial charge in [0.25, 0.3) is 0 Å². The van der Waals surface area contributed by atoms with E-state index < -0.39 is 0 Å². The standard InChI is InChI=1S/C14H22FN3/c1-10-9-18(8-7-17(10)3)14-12(11(2)16)5-4-6-13(14)15/h4-6,10-11H,7-9,16H2,1-3H3/t10?,11-/m1/s1. The Kier molecular flexibility index (Phi) is 3.88. The van der Waals surface area contributed by atoms with Gasteiger partial charge in [0.05, 0.1) is 5.69 Å². The lowest BCUT2D eigenvalue weighted by molar-refractivity contribution is 0.233. The Morgan fingerprint density at radius 1 is 1.39 bits per heavy atom. The van der Waals surface area contributed by atoms with Gasteiger partial charge >= 0.3 is 0 Å². The van der Waals surface area contributed by atoms with Gasteiger partial charge in [-0.15, -0.1) is 0 Å². The molecule has 0 aromatic heterocycles. The predicted molar refractivity (Wildman–Crippen MR) is 73.3 cm³/mol. The predicted octanol–water partition coefficient (Wildman–Crippen LogP) is 1.99. The van der Waals surface area contributed by atoms with Gasteiger partial charge in [-0.2, -0.15) is 0 Å². The van der Waals surface area contributed by atoms with Crippen LogP contribution in [0.25, 0.3) is 0 Å². The maximum absolute atomic E-state index is 14.1. The van der Waals surface area contributed by atoms with E-state index >= 15 is 0 Å². The summed E-state index contributed by atoms with van der Waals surface area (Å²) in [5.74, 6) is -0.165. The molecule has 0 aliphatic carbocycles. The number of hydrogen-bond acceptors (Lipinski definition) is 3. The van der Waals surface area contributed by atoms with Crippen molar-refractivity contribution in [2.24, 2.45) is 5.73 Å². The third-order valence-corrected chi connectivity index (χ3v) is 3.78. The first kappa shape index (κ1) is 13.3. The summed E-state index contributed by atoms with van der Waals surface area (Å²) in [6.45, 7) is 6.71. The summed E-state index contributed by atoms with van der Waals surface area (Å²) in [7, 11) is 2.11. The molecule has 4 heteroatoms. The van der Waals surface area contributed by atoms with Crippen molar-refractivity contribution >= 4 is 5.69 Å². The lowest BCUT2D eigenvalue weighted by Crippen LogP contribution is -2.50. The first-order valence-electron chi connectivity index (χ1n) is 6.50. The Hall–Kier alpha value is -1.13. The summed E-state index contributed by atoms with van der Waals surface area (Å²) < 4.78 is 14.1. The molecule has 2 atom stereocenters. The highest BCUT2D eigenvalue weighted by Gasteiger charge is 2.25. The molecule has 0 radical (unpaired) electrons. The number of anilines is 1. The van der Waals surface area contributed by atoms with Crippen LogP contribution in [0.4, 0.5) is 10.1 Å². The molecule has 1 aromatic carbocycles. The van der Waals surface area contributed by atoms with E-state index in [2.05, 4.69) is 23.8 Å². The van der Waals surface area contributed by atoms with E-state index in [1.807, 2.05) is 13.0 Å². The van der Waals surface area contributed by atoms with Crippen LogP contribution in [0, 0.1) is 5.82 Å². The van der Waals surface area contributed by atoms with E-state index in [0.29, 0.717) is 11.7 Å². The number of para-hydroxylation sites is 1. The monoisotopic (exact) mass is 251 g/mol. The second-order valence-corrected chi connectivity index (χ2v) is 5.24. The molecule has 2 rings (SSSR count). The van der Waals surface area contributed by atoms with E-state index in [-0.39, 0.29) is 11.9 Å². The van der Waals surface area contributed by atoms with Crippen LogP contribution >= 0.6 is 0 Å². The van der Waals surface area contributed by atoms with Crippen LogP contribution in [0.3, 0.4) is 0 Å². The summed E-state index contributed by atoms with van der Waals surface area (Å²) >= 11 is 0. The maximum atomic E-state index is 14.1. The van der Waals surface area contributed by atoms with Crippen LogP contribution in [-0.4, -0.2) is 37.6 Å². The van der Waals surface area contributed by atoms with E-state index in [4.69, 9.17) is 5.73 Å². The molecule has 1 unspecified atom stereocenters. The zero-order valence-corrected chi connectivity index (χ0v) is 11.4. The normalized spacial score (nSPS) is 23.2. The van der Waals surface area contributed by atoms with Crippen LogP contribution < -0.4 is 10.6 Å². The zero-order chi connectivity index (χ0) is 13.3. The molecule has 1 aromatic rings. The molecule has 0 amide bonds. The summed E-state index contributed by atoms with van der Waals surface area (Å²) in [4.78, 5) is 4.42. The van der Waals surface area contributed by atoms with E-state index in [9.17, 15) is 4.39 Å². The molecule has 1 saturated heterocycles. The van der Waals surface area contributed by atoms with Gasteiger partial charge in [-0.25, -0.2) is 4.39 Å². The molecule has 3 nitrogen and oxygen atoms in total. The molecule has 1 aliphatic heterocycles. The van der Waals surface area contributed by atoms with Crippen LogP contribution in [0.1, 0.15) is 25.5 Å². The molecule has 18 heavy (non-hydrogen) atoms. The van der Waals surface area contributed by atoms with Crippen molar-refractivity contribution in [2.45, 2.75) is 25.9 Å². The average Bonchev–Trinajstić information content (AvgIpc) is 2.32. The Morgan fingerprint density at radius 2 is 2.11 bits per heavy atom. The molecular weight excluding hydrogens is 229 g/mol. The minimum Gasteiger partial charge on any atom is -0.366 e. The van der Waals surface area contributed by atoms with Crippen molar-refractivity contribution in [1.29, 1.82) is 0 Å². The SMILES string of the molecule is CC1CN(c2c(F)cccc2[C@@H](C)N)CCN1C. The van der Waals surface area contributed by atoms with Gasteiger partial charge in [0, 0.05) is 31.7 Å². The fraction of sp³-hybridized carbons (Fsp3) is 0.571. The quantitative estimate of drug-likeness (QED) is 0.872. The van der Waals surface area contributed by atoms with Gasteiger partial charge in [-0.1, -0.05) is 12.1 Å². The molecule has 0 bridgehead atoms. The summed E-state index contributed by atoms with van der Waals surface area (Å²) in [6, 6.07) is 5.46. The Labute approximate surface area is 108 Å². The number of nitrogens with two attached hydrogens (primary N) is 1. The lowest BCUT2D eigenvalue weighted by Gasteiger charge is -2.40. The van der Waals surface area contributed by atoms with E-state index in [1.54, 1.807) is 6.07 Å². The fourth-order valence-electron chi connectivity index (χ4n) is 2.48. The van der Waals surface area contributed by atoms with Crippen molar-refractivity contribution in [3.05, 3.63) is 29.6 Å². The number of nitrogens with zero attached hydrogens (tertiary/aromatic N) is 2. The van der Waals surface area contributed by atoms with Crippen molar-refractivity contribution in [3.8, 4) is 0 Å². The van der Waals surface area contributed by atoms with Gasteiger partial charge in [-0.3, -0.25) is 0 Å². The number of rotatable bonds is 2. The Morgan fingerprint density at radius 3 is 2.72 bits per heavy atom. The molecule has 1 heterocycles. The smallest absolute Gasteiger partial charge is 0.146 e. The van der Waals surface area contributed by atoms with Gasteiger partial charge in [0.2, 0.25) is 0 Å². The minimum absolute atomic E-state index is 0.148. The first-order chi connectivity index (χ1) is 8.50. The van der Waals surface area contributed by atoms with Crippen molar-refractivity contribution in [1.82, 2.24) is 4.90 Å². The molecular formula is C14H22FN3. The van der Waals surface area contributed by atoms with Crippen molar-refractivity contribution in [2.75, 3.05) is 31.6 Å². The van der Waals surface area contributed by atoms with Crippen LogP contribution in [0.5, 0.6) is 0 Å². The van der Waals surface area contributed by atoms with Crippen molar-refractivity contribution in [3.63, 3.8) is 0 Å². The number of benzene rings is 1. The molecule has 0 saturated carbocycles. The summed E-state index contributed by atoms with van der Waals surface area (Å²) in [6.07, 6.45) is 0. The fourth-order valence-corrected chi connectivity index (χ4v) is 2.48. The highest BCUT2D eigenvalue weighted by molar-refractivity contribution is 5.56. The summed E-state index contributed by atoms with van der Waals surface area (Å²) in [5.41, 5.74) is 7.53. The van der Waals surface area contributed by atoms with Gasteiger partial charge in [0.15, 0.2) is 0 Å². The number of piperazine rings is 1. The zero-order valence-electron chi connectivity index (χ0n) is 11.4. The average molecular weight is 251 g/mol. The second kappa shape index (κ2) is 5.24. The third kappa shape index (κ3) is 2.49. The number of likely N-dealkylation sites (N-methyl/N-ethyl adjacent to an activating group) is 1. The topological polar surface area (TPSA) is 32.5 Å². The number of halogens is 1. The molecule has 100 valence electrons. The molecule has 0 spiro atoms. The van der Waals surface area contributed by atoms with E-state index in [1.165, 1.54) is 6.07 Å². The Bertz CT molecular complexity index is 420. The van der Waals surface area contributed by atoms with Crippen molar-refractivity contribution < 1.29 is 4.39 Å². The first-order valence-corrected chi connectivity index (χ1v) is 6.50. The Balaban J connectivity index is 2.33. The maximum Gasteiger partial charge on any atom is 0.146 e. The minimum atomic E-state index is -0.165. The molecule has 1 fully saturated rings. The highest BCUT2D eigenvalue weighted by Crippen LogP contribution is 2.29. The molecule has 1 aliphatic rings.